The highest BCUT2D eigenvalue weighted by Crippen LogP contribution is 2.28. The van der Waals surface area contributed by atoms with Crippen LogP contribution in [0.1, 0.15) is 6.42 Å². The number of pyridine rings is 1. The highest BCUT2D eigenvalue weighted by atomic mass is 16.5. The molecule has 3 aromatic rings. The second kappa shape index (κ2) is 7.16. The van der Waals surface area contributed by atoms with Crippen molar-refractivity contribution in [2.24, 2.45) is 0 Å². The molecule has 0 bridgehead atoms. The predicted octanol–water partition coefficient (Wildman–Crippen LogP) is 1.89. The number of benzene rings is 1. The Hall–Kier alpha value is -2.51. The minimum absolute atomic E-state index is 0.620. The first kappa shape index (κ1) is 16.0. The maximum absolute atomic E-state index is 6.31. The quantitative estimate of drug-likeness (QED) is 0.417. The van der Waals surface area contributed by atoms with Gasteiger partial charge in [-0.05, 0) is 25.1 Å². The van der Waals surface area contributed by atoms with E-state index in [0.717, 1.165) is 67.5 Å². The third kappa shape index (κ3) is 3.47. The van der Waals surface area contributed by atoms with E-state index in [0.29, 0.717) is 11.6 Å². The van der Waals surface area contributed by atoms with E-state index in [1.165, 1.54) is 0 Å². The van der Waals surface area contributed by atoms with E-state index in [4.69, 9.17) is 10.5 Å². The van der Waals surface area contributed by atoms with E-state index in [9.17, 15) is 0 Å². The van der Waals surface area contributed by atoms with E-state index in [2.05, 4.69) is 25.2 Å². The SMILES string of the molecule is Nc1c2ccncc2cc2cnc(NCCCN3CCOCC3)nc12. The molecule has 130 valence electrons. The van der Waals surface area contributed by atoms with Crippen molar-refractivity contribution in [2.45, 2.75) is 6.42 Å². The topological polar surface area (TPSA) is 89.2 Å². The fourth-order valence-corrected chi connectivity index (χ4v) is 3.19. The summed E-state index contributed by atoms with van der Waals surface area (Å²) in [6, 6.07) is 3.94. The summed E-state index contributed by atoms with van der Waals surface area (Å²) in [4.78, 5) is 15.6. The molecule has 25 heavy (non-hydrogen) atoms. The summed E-state index contributed by atoms with van der Waals surface area (Å²) >= 11 is 0. The van der Waals surface area contributed by atoms with Crippen LogP contribution in [0.5, 0.6) is 0 Å². The molecule has 0 amide bonds. The van der Waals surface area contributed by atoms with Gasteiger partial charge in [0.15, 0.2) is 0 Å². The normalized spacial score (nSPS) is 15.7. The molecule has 1 fully saturated rings. The molecule has 0 spiro atoms. The molecule has 7 nitrogen and oxygen atoms in total. The largest absolute Gasteiger partial charge is 0.396 e. The van der Waals surface area contributed by atoms with Gasteiger partial charge in [-0.1, -0.05) is 0 Å². The van der Waals surface area contributed by atoms with Gasteiger partial charge in [-0.25, -0.2) is 9.97 Å². The number of nitrogens with zero attached hydrogens (tertiary/aromatic N) is 4. The van der Waals surface area contributed by atoms with Crippen LogP contribution >= 0.6 is 0 Å². The molecular formula is C18H22N6O. The Morgan fingerprint density at radius 2 is 2.08 bits per heavy atom. The summed E-state index contributed by atoms with van der Waals surface area (Å²) in [6.07, 6.45) is 6.41. The molecule has 1 aliphatic rings. The first-order valence-corrected chi connectivity index (χ1v) is 8.64. The second-order valence-corrected chi connectivity index (χ2v) is 6.25. The van der Waals surface area contributed by atoms with Crippen molar-refractivity contribution in [1.29, 1.82) is 0 Å². The third-order valence-corrected chi connectivity index (χ3v) is 4.56. The molecule has 1 aliphatic heterocycles. The van der Waals surface area contributed by atoms with Crippen LogP contribution in [0.2, 0.25) is 0 Å². The molecule has 0 unspecified atom stereocenters. The first-order valence-electron chi connectivity index (χ1n) is 8.64. The van der Waals surface area contributed by atoms with Gasteiger partial charge >= 0.3 is 0 Å². The molecule has 0 saturated carbocycles. The molecular weight excluding hydrogens is 316 g/mol. The van der Waals surface area contributed by atoms with Gasteiger partial charge in [0.05, 0.1) is 24.4 Å². The zero-order valence-corrected chi connectivity index (χ0v) is 14.1. The first-order chi connectivity index (χ1) is 12.3. The Morgan fingerprint density at radius 3 is 2.96 bits per heavy atom. The highest BCUT2D eigenvalue weighted by molar-refractivity contribution is 6.08. The van der Waals surface area contributed by atoms with Crippen LogP contribution in [0.3, 0.4) is 0 Å². The monoisotopic (exact) mass is 338 g/mol. The number of ether oxygens (including phenoxy) is 1. The van der Waals surface area contributed by atoms with Gasteiger partial charge in [-0.15, -0.1) is 0 Å². The minimum atomic E-state index is 0.620. The standard InChI is InChI=1S/C18H22N6O/c19-16-15-2-4-20-11-13(15)10-14-12-22-18(23-17(14)16)21-3-1-5-24-6-8-25-9-7-24/h2,4,10-12H,1,3,5-9,19H2,(H,21,22,23). The Balaban J connectivity index is 1.45. The van der Waals surface area contributed by atoms with Crippen molar-refractivity contribution in [3.05, 3.63) is 30.7 Å². The summed E-state index contributed by atoms with van der Waals surface area (Å²) < 4.78 is 5.36. The van der Waals surface area contributed by atoms with E-state index in [1.807, 2.05) is 24.5 Å². The Bertz CT molecular complexity index is 878. The maximum atomic E-state index is 6.31. The average Bonchev–Trinajstić information content (AvgIpc) is 2.67. The number of morpholine rings is 1. The Kier molecular flexibility index (Phi) is 4.58. The number of fused-ring (bicyclic) bond motifs is 2. The minimum Gasteiger partial charge on any atom is -0.396 e. The van der Waals surface area contributed by atoms with Gasteiger partial charge < -0.3 is 15.8 Å². The molecule has 3 heterocycles. The van der Waals surface area contributed by atoms with Gasteiger partial charge in [-0.3, -0.25) is 9.88 Å². The Labute approximate surface area is 146 Å². The van der Waals surface area contributed by atoms with Crippen LogP contribution in [0.15, 0.2) is 30.7 Å². The van der Waals surface area contributed by atoms with Gasteiger partial charge in [-0.2, -0.15) is 0 Å². The molecule has 0 aliphatic carbocycles. The van der Waals surface area contributed by atoms with Gasteiger partial charge in [0.2, 0.25) is 5.95 Å². The smallest absolute Gasteiger partial charge is 0.223 e. The summed E-state index contributed by atoms with van der Waals surface area (Å²) in [5.41, 5.74) is 7.77. The van der Waals surface area contributed by atoms with Gasteiger partial charge in [0.25, 0.3) is 0 Å². The lowest BCUT2D eigenvalue weighted by Crippen LogP contribution is -2.37. The number of rotatable bonds is 5. The van der Waals surface area contributed by atoms with Crippen LogP contribution in [0.4, 0.5) is 11.6 Å². The van der Waals surface area contributed by atoms with Crippen molar-refractivity contribution < 1.29 is 4.74 Å². The number of aromatic nitrogens is 3. The number of hydrogen-bond donors (Lipinski definition) is 2. The summed E-state index contributed by atoms with van der Waals surface area (Å²) in [5.74, 6) is 0.620. The van der Waals surface area contributed by atoms with Crippen molar-refractivity contribution in [1.82, 2.24) is 19.9 Å². The zero-order valence-electron chi connectivity index (χ0n) is 14.1. The number of nitrogens with two attached hydrogens (primary N) is 1. The zero-order chi connectivity index (χ0) is 17.1. The molecule has 0 atom stereocenters. The third-order valence-electron chi connectivity index (χ3n) is 4.56. The molecule has 0 radical (unpaired) electrons. The summed E-state index contributed by atoms with van der Waals surface area (Å²) in [6.45, 7) is 5.60. The molecule has 2 aromatic heterocycles. The predicted molar refractivity (Wildman–Crippen MR) is 99.6 cm³/mol. The molecule has 3 N–H and O–H groups in total. The van der Waals surface area contributed by atoms with E-state index >= 15 is 0 Å². The lowest BCUT2D eigenvalue weighted by molar-refractivity contribution is 0.0378. The van der Waals surface area contributed by atoms with Crippen molar-refractivity contribution in [2.75, 3.05) is 50.4 Å². The lowest BCUT2D eigenvalue weighted by Gasteiger charge is -2.26. The molecule has 1 aromatic carbocycles. The van der Waals surface area contributed by atoms with Gasteiger partial charge in [0.1, 0.15) is 0 Å². The number of nitrogen functional groups attached to an aromatic ring is 1. The van der Waals surface area contributed by atoms with E-state index < -0.39 is 0 Å². The number of anilines is 2. The molecule has 1 saturated heterocycles. The van der Waals surface area contributed by atoms with Crippen molar-refractivity contribution in [3.63, 3.8) is 0 Å². The van der Waals surface area contributed by atoms with E-state index in [-0.39, 0.29) is 0 Å². The molecule has 7 heteroatoms. The van der Waals surface area contributed by atoms with Gasteiger partial charge in [0, 0.05) is 54.4 Å². The number of nitrogens with one attached hydrogen (secondary N) is 1. The maximum Gasteiger partial charge on any atom is 0.223 e. The van der Waals surface area contributed by atoms with E-state index in [1.54, 1.807) is 6.20 Å². The van der Waals surface area contributed by atoms with Crippen LogP contribution in [0.25, 0.3) is 21.7 Å². The van der Waals surface area contributed by atoms with Crippen LogP contribution < -0.4 is 11.1 Å². The van der Waals surface area contributed by atoms with Crippen molar-refractivity contribution >= 4 is 33.3 Å². The second-order valence-electron chi connectivity index (χ2n) is 6.25. The highest BCUT2D eigenvalue weighted by Gasteiger charge is 2.10. The Morgan fingerprint density at radius 1 is 1.20 bits per heavy atom. The fourth-order valence-electron chi connectivity index (χ4n) is 3.19. The lowest BCUT2D eigenvalue weighted by atomic mass is 10.1. The fraction of sp³-hybridized carbons (Fsp3) is 0.389. The summed E-state index contributed by atoms with van der Waals surface area (Å²) in [7, 11) is 0. The number of hydrogen-bond acceptors (Lipinski definition) is 7. The average molecular weight is 338 g/mol. The van der Waals surface area contributed by atoms with Crippen molar-refractivity contribution in [3.8, 4) is 0 Å². The summed E-state index contributed by atoms with van der Waals surface area (Å²) in [5, 5.41) is 6.21. The van der Waals surface area contributed by atoms with Crippen LogP contribution in [-0.4, -0.2) is 59.2 Å². The van der Waals surface area contributed by atoms with Crippen LogP contribution in [0, 0.1) is 0 Å². The molecule has 4 rings (SSSR count). The van der Waals surface area contributed by atoms with Crippen LogP contribution in [-0.2, 0) is 4.74 Å².